The molecule has 0 aliphatic carbocycles. The van der Waals surface area contributed by atoms with Crippen molar-refractivity contribution in [3.8, 4) is 0 Å². The van der Waals surface area contributed by atoms with Crippen molar-refractivity contribution in [1.82, 2.24) is 0 Å². The van der Waals surface area contributed by atoms with E-state index in [1.165, 1.54) is 0 Å². The van der Waals surface area contributed by atoms with Crippen molar-refractivity contribution in [1.29, 1.82) is 0 Å². The van der Waals surface area contributed by atoms with Gasteiger partial charge < -0.3 is 20.1 Å². The van der Waals surface area contributed by atoms with Gasteiger partial charge in [0.15, 0.2) is 6.10 Å². The van der Waals surface area contributed by atoms with E-state index in [2.05, 4.69) is 8.92 Å². The molecule has 1 aliphatic rings. The maximum absolute atomic E-state index is 10.5. The summed E-state index contributed by atoms with van der Waals surface area (Å²) in [4.78, 5) is 10.5. The zero-order chi connectivity index (χ0) is 12.5. The molecule has 10 heteroatoms. The van der Waals surface area contributed by atoms with Gasteiger partial charge in [0.25, 0.3) is 0 Å². The number of ether oxygens (including phenoxy) is 1. The van der Waals surface area contributed by atoms with Gasteiger partial charge in [-0.2, -0.15) is 8.42 Å². The largest absolute Gasteiger partial charge is 0.479 e. The van der Waals surface area contributed by atoms with Crippen molar-refractivity contribution in [3.63, 3.8) is 0 Å². The van der Waals surface area contributed by atoms with Crippen molar-refractivity contribution in [2.24, 2.45) is 0 Å². The second-order valence-electron chi connectivity index (χ2n) is 3.14. The van der Waals surface area contributed by atoms with Gasteiger partial charge >= 0.3 is 16.4 Å². The lowest BCUT2D eigenvalue weighted by atomic mass is 10.0. The van der Waals surface area contributed by atoms with Gasteiger partial charge in [-0.3, -0.25) is 4.55 Å². The molecule has 0 saturated carbocycles. The predicted molar refractivity (Wildman–Crippen MR) is 45.8 cm³/mol. The number of aliphatic carboxylic acids is 1. The minimum absolute atomic E-state index is 0.588. The van der Waals surface area contributed by atoms with Gasteiger partial charge in [0.1, 0.15) is 18.3 Å². The molecule has 1 aliphatic heterocycles. The highest BCUT2D eigenvalue weighted by atomic mass is 32.3. The van der Waals surface area contributed by atoms with E-state index in [-0.39, 0.29) is 0 Å². The van der Waals surface area contributed by atoms with Crippen LogP contribution in [0.15, 0.2) is 0 Å². The van der Waals surface area contributed by atoms with Crippen LogP contribution in [0.25, 0.3) is 0 Å². The number of carboxylic acid groups (broad SMARTS) is 1. The fourth-order valence-corrected chi connectivity index (χ4v) is 1.73. The highest BCUT2D eigenvalue weighted by Gasteiger charge is 2.44. The first-order valence-electron chi connectivity index (χ1n) is 4.08. The number of carboxylic acids is 1. The number of aliphatic hydroxyl groups is 2. The Morgan fingerprint density at radius 3 is 2.31 bits per heavy atom. The molecule has 0 amide bonds. The molecule has 16 heavy (non-hydrogen) atoms. The van der Waals surface area contributed by atoms with E-state index < -0.39 is 47.4 Å². The summed E-state index contributed by atoms with van der Waals surface area (Å²) < 4.78 is 37.6. The van der Waals surface area contributed by atoms with Gasteiger partial charge in [-0.1, -0.05) is 0 Å². The molecule has 94 valence electrons. The number of hydrogen-bond acceptors (Lipinski definition) is 7. The predicted octanol–water partition coefficient (Wildman–Crippen LogP) is -2.62. The Labute approximate surface area is 90.2 Å². The smallest absolute Gasteiger partial charge is 0.397 e. The fraction of sp³-hybridized carbons (Fsp3) is 0.833. The second kappa shape index (κ2) is 4.61. The SMILES string of the molecule is O=C(O)[C@@H]1OC[C@@H](OS(=O)(=O)O)[C@@H](O)[C@@H]1O. The molecule has 1 fully saturated rings. The summed E-state index contributed by atoms with van der Waals surface area (Å²) >= 11 is 0. The molecule has 4 atom stereocenters. The molecular weight excluding hydrogens is 248 g/mol. The molecule has 0 aromatic heterocycles. The lowest BCUT2D eigenvalue weighted by Crippen LogP contribution is -2.56. The molecule has 0 bridgehead atoms. The highest BCUT2D eigenvalue weighted by molar-refractivity contribution is 7.80. The molecule has 1 saturated heterocycles. The average Bonchev–Trinajstić information content (AvgIpc) is 2.10. The van der Waals surface area contributed by atoms with Gasteiger partial charge in [0.2, 0.25) is 0 Å². The van der Waals surface area contributed by atoms with Crippen LogP contribution in [0.3, 0.4) is 0 Å². The Bertz CT molecular complexity index is 362. The molecule has 0 unspecified atom stereocenters. The Balaban J connectivity index is 2.72. The average molecular weight is 258 g/mol. The van der Waals surface area contributed by atoms with Gasteiger partial charge in [-0.15, -0.1) is 0 Å². The van der Waals surface area contributed by atoms with Crippen molar-refractivity contribution >= 4 is 16.4 Å². The lowest BCUT2D eigenvalue weighted by molar-refractivity contribution is -0.197. The summed E-state index contributed by atoms with van der Waals surface area (Å²) in [6.07, 6.45) is -6.87. The standard InChI is InChI=1S/C6H10O9S/c7-3-2(15-16(11,12)13)1-14-5(4(3)8)6(9)10/h2-5,7-8H,1H2,(H,9,10)(H,11,12,13)/t2-,3-,4+,5-/m1/s1. The summed E-state index contributed by atoms with van der Waals surface area (Å²) in [6, 6.07) is 0. The van der Waals surface area contributed by atoms with Crippen LogP contribution < -0.4 is 0 Å². The molecule has 0 aromatic carbocycles. The van der Waals surface area contributed by atoms with E-state index in [9.17, 15) is 23.4 Å². The van der Waals surface area contributed by atoms with Crippen LogP contribution in [0.2, 0.25) is 0 Å². The maximum atomic E-state index is 10.5. The van der Waals surface area contributed by atoms with E-state index >= 15 is 0 Å². The molecule has 1 rings (SSSR count). The first kappa shape index (κ1) is 13.3. The van der Waals surface area contributed by atoms with Gasteiger partial charge in [0, 0.05) is 0 Å². The maximum Gasteiger partial charge on any atom is 0.397 e. The van der Waals surface area contributed by atoms with Crippen LogP contribution in [-0.2, 0) is 24.1 Å². The molecule has 4 N–H and O–H groups in total. The van der Waals surface area contributed by atoms with Crippen LogP contribution in [0.1, 0.15) is 0 Å². The van der Waals surface area contributed by atoms with Crippen molar-refractivity contribution < 1.29 is 42.0 Å². The normalized spacial score (nSPS) is 35.9. The van der Waals surface area contributed by atoms with E-state index in [1.807, 2.05) is 0 Å². The number of rotatable bonds is 3. The topological polar surface area (TPSA) is 151 Å². The molecule has 0 aromatic rings. The van der Waals surface area contributed by atoms with Gasteiger partial charge in [-0.25, -0.2) is 8.98 Å². The van der Waals surface area contributed by atoms with Gasteiger partial charge in [-0.05, 0) is 0 Å². The molecule has 0 spiro atoms. The Kier molecular flexibility index (Phi) is 3.83. The number of aliphatic hydroxyl groups excluding tert-OH is 2. The summed E-state index contributed by atoms with van der Waals surface area (Å²) in [5, 5.41) is 27.1. The number of hydrogen-bond donors (Lipinski definition) is 4. The third-order valence-corrected chi connectivity index (χ3v) is 2.46. The van der Waals surface area contributed by atoms with Crippen molar-refractivity contribution in [3.05, 3.63) is 0 Å². The van der Waals surface area contributed by atoms with Crippen LogP contribution in [0.5, 0.6) is 0 Å². The third kappa shape index (κ3) is 3.10. The summed E-state index contributed by atoms with van der Waals surface area (Å²) in [6.45, 7) is -0.588. The molecule has 1 heterocycles. The minimum atomic E-state index is -4.82. The van der Waals surface area contributed by atoms with E-state index in [1.54, 1.807) is 0 Å². The first-order valence-corrected chi connectivity index (χ1v) is 5.45. The summed E-state index contributed by atoms with van der Waals surface area (Å²) in [7, 11) is -4.82. The zero-order valence-corrected chi connectivity index (χ0v) is 8.57. The zero-order valence-electron chi connectivity index (χ0n) is 7.75. The van der Waals surface area contributed by atoms with Crippen LogP contribution in [0.4, 0.5) is 0 Å². The van der Waals surface area contributed by atoms with Crippen LogP contribution in [0, 0.1) is 0 Å². The quantitative estimate of drug-likeness (QED) is 0.399. The first-order chi connectivity index (χ1) is 7.22. The van der Waals surface area contributed by atoms with Gasteiger partial charge in [0.05, 0.1) is 6.61 Å². The van der Waals surface area contributed by atoms with E-state index in [0.29, 0.717) is 0 Å². The monoisotopic (exact) mass is 258 g/mol. The fourth-order valence-electron chi connectivity index (χ4n) is 1.25. The van der Waals surface area contributed by atoms with Crippen molar-refractivity contribution in [2.75, 3.05) is 6.61 Å². The van der Waals surface area contributed by atoms with E-state index in [0.717, 1.165) is 0 Å². The number of carbonyl (C=O) groups is 1. The van der Waals surface area contributed by atoms with Crippen LogP contribution in [-0.4, -0.2) is 65.3 Å². The van der Waals surface area contributed by atoms with Crippen molar-refractivity contribution in [2.45, 2.75) is 24.4 Å². The Hall–Kier alpha value is -0.780. The Morgan fingerprint density at radius 2 is 1.88 bits per heavy atom. The molecular formula is C6H10O9S. The lowest BCUT2D eigenvalue weighted by Gasteiger charge is -2.34. The second-order valence-corrected chi connectivity index (χ2v) is 4.18. The Morgan fingerprint density at radius 1 is 1.31 bits per heavy atom. The van der Waals surface area contributed by atoms with E-state index in [4.69, 9.17) is 9.66 Å². The summed E-state index contributed by atoms with van der Waals surface area (Å²) in [5.74, 6) is -1.50. The van der Waals surface area contributed by atoms with Crippen LogP contribution >= 0.6 is 0 Å². The third-order valence-electron chi connectivity index (χ3n) is 1.97. The summed E-state index contributed by atoms with van der Waals surface area (Å²) in [5.41, 5.74) is 0. The molecule has 0 radical (unpaired) electrons. The minimum Gasteiger partial charge on any atom is -0.479 e. The molecule has 9 nitrogen and oxygen atoms in total. The highest BCUT2D eigenvalue weighted by Crippen LogP contribution is 2.19.